The summed E-state index contributed by atoms with van der Waals surface area (Å²) in [5.74, 6) is 5.55. The van der Waals surface area contributed by atoms with Crippen LogP contribution in [0.25, 0.3) is 27.8 Å². The number of amides is 1. The van der Waals surface area contributed by atoms with Gasteiger partial charge in [0.15, 0.2) is 0 Å². The quantitative estimate of drug-likeness (QED) is 0.0884. The van der Waals surface area contributed by atoms with E-state index >= 15 is 0 Å². The second kappa shape index (κ2) is 13.8. The molecule has 4 aromatic carbocycles. The minimum absolute atomic E-state index is 0.148. The molecule has 0 unspecified atom stereocenters. The normalized spacial score (nSPS) is 13.5. The van der Waals surface area contributed by atoms with Crippen LogP contribution in [0.5, 0.6) is 5.75 Å². The lowest BCUT2D eigenvalue weighted by Crippen LogP contribution is -2.23. The molecule has 1 amide bonds. The molecule has 0 atom stereocenters. The second-order valence-corrected chi connectivity index (χ2v) is 11.5. The number of carbonyl (C=O) groups excluding carboxylic acids is 1. The van der Waals surface area contributed by atoms with E-state index in [0.717, 1.165) is 57.5 Å². The number of benzene rings is 4. The molecule has 4 aromatic rings. The monoisotopic (exact) mass is 621 g/mol. The van der Waals surface area contributed by atoms with Gasteiger partial charge in [0.1, 0.15) is 5.75 Å². The summed E-state index contributed by atoms with van der Waals surface area (Å²) >= 11 is 6.73. The van der Waals surface area contributed by atoms with E-state index < -0.39 is 5.97 Å². The van der Waals surface area contributed by atoms with Crippen molar-refractivity contribution >= 4 is 40.4 Å². The average molecular weight is 622 g/mol. The predicted molar refractivity (Wildman–Crippen MR) is 182 cm³/mol. The van der Waals surface area contributed by atoms with Crippen LogP contribution in [-0.2, 0) is 22.4 Å². The first kappa shape index (κ1) is 31.6. The van der Waals surface area contributed by atoms with E-state index in [1.54, 1.807) is 17.1 Å². The number of carbonyl (C=O) groups is 2. The number of carboxylic acid groups (broad SMARTS) is 1. The number of nitrogens with one attached hydrogen (secondary N) is 1. The van der Waals surface area contributed by atoms with Crippen molar-refractivity contribution in [3.8, 4) is 28.0 Å². The Balaban J connectivity index is 1.40. The number of nitrogens with two attached hydrogens (primary N) is 1. The van der Waals surface area contributed by atoms with E-state index in [4.69, 9.17) is 22.2 Å². The van der Waals surface area contributed by atoms with E-state index in [-0.39, 0.29) is 12.3 Å². The minimum Gasteiger partial charge on any atom is -0.496 e. The molecule has 1 aliphatic heterocycles. The van der Waals surface area contributed by atoms with Gasteiger partial charge in [-0.2, -0.15) is 0 Å². The third-order valence-corrected chi connectivity index (χ3v) is 8.16. The fourth-order valence-electron chi connectivity index (χ4n) is 5.58. The first-order chi connectivity index (χ1) is 21.7. The molecular weight excluding hydrogens is 586 g/mol. The van der Waals surface area contributed by atoms with Crippen molar-refractivity contribution < 1.29 is 19.4 Å². The van der Waals surface area contributed by atoms with Gasteiger partial charge in [0.2, 0.25) is 0 Å². The number of unbranched alkanes of at least 4 members (excludes halogenated alkanes) is 1. The number of nitrogens with zero attached hydrogens (tertiary/aromatic N) is 1. The van der Waals surface area contributed by atoms with Crippen LogP contribution in [-0.4, -0.2) is 24.1 Å². The van der Waals surface area contributed by atoms with E-state index in [9.17, 15) is 14.7 Å². The van der Waals surface area contributed by atoms with Crippen molar-refractivity contribution in [2.45, 2.75) is 39.5 Å². The molecule has 0 saturated carbocycles. The number of anilines is 2. The SMILES string of the molecule is CCC/C=C\N(N)c1ccc(-c2ccc(-c3cc4c(cc3Cl)NC(=O)/C4=C(/C)Cc3ccc(OC)c(CC(=O)O)c3)cc2)cc1. The molecule has 1 aliphatic rings. The molecule has 230 valence electrons. The van der Waals surface area contributed by atoms with Gasteiger partial charge in [0.05, 0.1) is 29.9 Å². The van der Waals surface area contributed by atoms with Crippen LogP contribution in [0.1, 0.15) is 43.4 Å². The fourth-order valence-corrected chi connectivity index (χ4v) is 5.85. The summed E-state index contributed by atoms with van der Waals surface area (Å²) in [5, 5.41) is 14.4. The maximum atomic E-state index is 13.1. The molecule has 4 N–H and O–H groups in total. The molecule has 0 aromatic heterocycles. The summed E-state index contributed by atoms with van der Waals surface area (Å²) in [7, 11) is 1.52. The van der Waals surface area contributed by atoms with Gasteiger partial charge in [-0.05, 0) is 72.4 Å². The molecule has 0 aliphatic carbocycles. The van der Waals surface area contributed by atoms with Crippen molar-refractivity contribution in [3.05, 3.63) is 118 Å². The number of hydrazine groups is 1. The van der Waals surface area contributed by atoms with Gasteiger partial charge < -0.3 is 15.2 Å². The Kier molecular flexibility index (Phi) is 9.71. The molecule has 1 heterocycles. The molecule has 0 radical (unpaired) electrons. The van der Waals surface area contributed by atoms with Crippen LogP contribution in [0, 0.1) is 0 Å². The number of ether oxygens (including phenoxy) is 1. The van der Waals surface area contributed by atoms with E-state index in [1.165, 1.54) is 7.11 Å². The fraction of sp³-hybridized carbons (Fsp3) is 0.189. The number of allylic oxidation sites excluding steroid dienone is 2. The number of hydrogen-bond donors (Lipinski definition) is 3. The minimum atomic E-state index is -0.936. The standard InChI is InChI=1S/C37H36ClN3O4/c1-4-5-6-17-41(39)29-14-12-26(13-15-29)25-8-10-27(11-9-25)30-21-31-33(22-32(30)38)40-37(44)36(31)23(2)18-24-7-16-34(45-3)28(19-24)20-35(42)43/h6-17,19,21-22H,4-5,18,20,39H2,1-3H3,(H,40,44)(H,42,43)/b17-6-,36-23-. The van der Waals surface area contributed by atoms with E-state index in [2.05, 4.69) is 30.4 Å². The van der Waals surface area contributed by atoms with Gasteiger partial charge in [-0.1, -0.05) is 85.1 Å². The van der Waals surface area contributed by atoms with Crippen LogP contribution >= 0.6 is 11.6 Å². The zero-order chi connectivity index (χ0) is 32.1. The molecule has 0 fully saturated rings. The zero-order valence-electron chi connectivity index (χ0n) is 25.6. The summed E-state index contributed by atoms with van der Waals surface area (Å²) in [6.07, 6.45) is 6.33. The first-order valence-electron chi connectivity index (χ1n) is 14.8. The van der Waals surface area contributed by atoms with Gasteiger partial charge in [-0.15, -0.1) is 0 Å². The maximum absolute atomic E-state index is 13.1. The zero-order valence-corrected chi connectivity index (χ0v) is 26.3. The van der Waals surface area contributed by atoms with Gasteiger partial charge in [-0.25, -0.2) is 5.84 Å². The molecule has 0 saturated heterocycles. The summed E-state index contributed by atoms with van der Waals surface area (Å²) < 4.78 is 5.34. The molecule has 5 rings (SSSR count). The Morgan fingerprint density at radius 3 is 2.27 bits per heavy atom. The van der Waals surface area contributed by atoms with Crippen molar-refractivity contribution in [1.82, 2.24) is 0 Å². The topological polar surface area (TPSA) is 105 Å². The molecule has 0 bridgehead atoms. The van der Waals surface area contributed by atoms with Crippen molar-refractivity contribution in [1.29, 1.82) is 0 Å². The van der Waals surface area contributed by atoms with Crippen molar-refractivity contribution in [3.63, 3.8) is 0 Å². The molecule has 45 heavy (non-hydrogen) atoms. The van der Waals surface area contributed by atoms with Crippen LogP contribution < -0.4 is 20.9 Å². The number of carboxylic acids is 1. The van der Waals surface area contributed by atoms with Crippen molar-refractivity contribution in [2.75, 3.05) is 17.4 Å². The van der Waals surface area contributed by atoms with Crippen molar-refractivity contribution in [2.24, 2.45) is 5.84 Å². The lowest BCUT2D eigenvalue weighted by molar-refractivity contribution is -0.136. The lowest BCUT2D eigenvalue weighted by Gasteiger charge is -2.14. The molecule has 0 spiro atoms. The third kappa shape index (κ3) is 7.11. The largest absolute Gasteiger partial charge is 0.496 e. The number of methoxy groups -OCH3 is 1. The number of aliphatic carboxylic acids is 1. The Labute approximate surface area is 268 Å². The smallest absolute Gasteiger partial charge is 0.307 e. The highest BCUT2D eigenvalue weighted by Crippen LogP contribution is 2.42. The Morgan fingerprint density at radius 1 is 0.956 bits per heavy atom. The molecular formula is C37H36ClN3O4. The number of rotatable bonds is 11. The second-order valence-electron chi connectivity index (χ2n) is 11.1. The van der Waals surface area contributed by atoms with Gasteiger partial charge in [0.25, 0.3) is 5.91 Å². The van der Waals surface area contributed by atoms with Crippen LogP contribution in [0.15, 0.2) is 96.7 Å². The number of fused-ring (bicyclic) bond motifs is 1. The predicted octanol–water partition coefficient (Wildman–Crippen LogP) is 8.27. The van der Waals surface area contributed by atoms with Crippen LogP contribution in [0.2, 0.25) is 5.02 Å². The van der Waals surface area contributed by atoms with Gasteiger partial charge in [-0.3, -0.25) is 14.6 Å². The number of halogens is 1. The highest BCUT2D eigenvalue weighted by atomic mass is 35.5. The Hall–Kier alpha value is -4.85. The summed E-state index contributed by atoms with van der Waals surface area (Å²) in [6.45, 7) is 4.05. The summed E-state index contributed by atoms with van der Waals surface area (Å²) in [5.41, 5.74) is 9.17. The summed E-state index contributed by atoms with van der Waals surface area (Å²) in [4.78, 5) is 24.5. The van der Waals surface area contributed by atoms with Gasteiger partial charge in [0, 0.05) is 28.5 Å². The Bertz CT molecular complexity index is 1790. The van der Waals surface area contributed by atoms with Crippen LogP contribution in [0.3, 0.4) is 0 Å². The molecule has 8 heteroatoms. The average Bonchev–Trinajstić information content (AvgIpc) is 3.35. The number of hydrogen-bond acceptors (Lipinski definition) is 5. The van der Waals surface area contributed by atoms with Gasteiger partial charge >= 0.3 is 5.97 Å². The molecule has 7 nitrogen and oxygen atoms in total. The Morgan fingerprint density at radius 2 is 1.62 bits per heavy atom. The maximum Gasteiger partial charge on any atom is 0.307 e. The highest BCUT2D eigenvalue weighted by Gasteiger charge is 2.28. The van der Waals surface area contributed by atoms with E-state index in [0.29, 0.717) is 34.0 Å². The van der Waals surface area contributed by atoms with E-state index in [1.807, 2.05) is 67.7 Å². The summed E-state index contributed by atoms with van der Waals surface area (Å²) in [6, 6.07) is 25.5. The van der Waals surface area contributed by atoms with Crippen LogP contribution in [0.4, 0.5) is 11.4 Å². The lowest BCUT2D eigenvalue weighted by atomic mass is 9.93. The third-order valence-electron chi connectivity index (χ3n) is 7.85. The first-order valence-corrected chi connectivity index (χ1v) is 15.2. The highest BCUT2D eigenvalue weighted by molar-refractivity contribution is 6.36.